The summed E-state index contributed by atoms with van der Waals surface area (Å²) in [6, 6.07) is 9.40. The Morgan fingerprint density at radius 2 is 2.14 bits per heavy atom. The number of ether oxygens (including phenoxy) is 1. The molecule has 1 atom stereocenters. The maximum atomic E-state index is 13.6. The summed E-state index contributed by atoms with van der Waals surface area (Å²) in [6.45, 7) is 1.84. The average Bonchev–Trinajstić information content (AvgIpc) is 2.55. The van der Waals surface area contributed by atoms with Gasteiger partial charge in [0.2, 0.25) is 11.8 Å². The van der Waals surface area contributed by atoms with E-state index in [1.54, 1.807) is 31.2 Å². The zero-order chi connectivity index (χ0) is 15.9. The first-order valence-corrected chi connectivity index (χ1v) is 6.94. The van der Waals surface area contributed by atoms with E-state index in [1.165, 1.54) is 18.3 Å². The van der Waals surface area contributed by atoms with Crippen molar-refractivity contribution in [2.45, 2.75) is 26.0 Å². The Kier molecular flexibility index (Phi) is 5.43. The SMILES string of the molecule is CC[C@@H](O)C(=O)NCc1cccnc1Oc1ccccc1F. The van der Waals surface area contributed by atoms with E-state index in [0.717, 1.165) is 0 Å². The highest BCUT2D eigenvalue weighted by molar-refractivity contribution is 5.80. The predicted octanol–water partition coefficient (Wildman–Crippen LogP) is 2.40. The minimum atomic E-state index is -1.05. The van der Waals surface area contributed by atoms with Gasteiger partial charge in [0, 0.05) is 18.3 Å². The van der Waals surface area contributed by atoms with E-state index in [2.05, 4.69) is 10.3 Å². The second-order valence-electron chi connectivity index (χ2n) is 4.64. The van der Waals surface area contributed by atoms with Crippen molar-refractivity contribution >= 4 is 5.91 Å². The van der Waals surface area contributed by atoms with Gasteiger partial charge in [-0.1, -0.05) is 25.1 Å². The number of carbonyl (C=O) groups is 1. The first-order valence-electron chi connectivity index (χ1n) is 6.94. The number of amides is 1. The van der Waals surface area contributed by atoms with E-state index in [-0.39, 0.29) is 18.2 Å². The van der Waals surface area contributed by atoms with Crippen LogP contribution in [0.2, 0.25) is 0 Å². The summed E-state index contributed by atoms with van der Waals surface area (Å²) in [6.07, 6.45) is 0.799. The molecule has 0 aliphatic heterocycles. The highest BCUT2D eigenvalue weighted by atomic mass is 19.1. The first-order chi connectivity index (χ1) is 10.6. The number of aliphatic hydroxyl groups excluding tert-OH is 1. The average molecular weight is 304 g/mol. The molecule has 2 aromatic rings. The van der Waals surface area contributed by atoms with Crippen LogP contribution in [0.15, 0.2) is 42.6 Å². The Morgan fingerprint density at radius 1 is 1.36 bits per heavy atom. The molecule has 1 amide bonds. The van der Waals surface area contributed by atoms with Gasteiger partial charge >= 0.3 is 0 Å². The van der Waals surface area contributed by atoms with Crippen molar-refractivity contribution in [3.8, 4) is 11.6 Å². The van der Waals surface area contributed by atoms with Gasteiger partial charge in [-0.2, -0.15) is 0 Å². The van der Waals surface area contributed by atoms with Gasteiger partial charge in [-0.3, -0.25) is 4.79 Å². The fourth-order valence-electron chi connectivity index (χ4n) is 1.77. The van der Waals surface area contributed by atoms with Crippen molar-refractivity contribution in [1.82, 2.24) is 10.3 Å². The Hall–Kier alpha value is -2.47. The van der Waals surface area contributed by atoms with Crippen molar-refractivity contribution in [2.24, 2.45) is 0 Å². The van der Waals surface area contributed by atoms with Gasteiger partial charge in [-0.15, -0.1) is 0 Å². The van der Waals surface area contributed by atoms with Crippen molar-refractivity contribution in [1.29, 1.82) is 0 Å². The lowest BCUT2D eigenvalue weighted by Gasteiger charge is -2.12. The summed E-state index contributed by atoms with van der Waals surface area (Å²) in [5.74, 6) is -0.700. The van der Waals surface area contributed by atoms with E-state index >= 15 is 0 Å². The smallest absolute Gasteiger partial charge is 0.249 e. The number of aromatic nitrogens is 1. The summed E-state index contributed by atoms with van der Waals surface area (Å²) < 4.78 is 19.1. The van der Waals surface area contributed by atoms with Gasteiger partial charge < -0.3 is 15.2 Å². The van der Waals surface area contributed by atoms with Gasteiger partial charge in [-0.25, -0.2) is 9.37 Å². The van der Waals surface area contributed by atoms with Crippen molar-refractivity contribution in [3.63, 3.8) is 0 Å². The minimum Gasteiger partial charge on any atom is -0.436 e. The van der Waals surface area contributed by atoms with Crippen LogP contribution in [-0.4, -0.2) is 22.1 Å². The van der Waals surface area contributed by atoms with Crippen LogP contribution in [0.1, 0.15) is 18.9 Å². The molecule has 0 radical (unpaired) electrons. The molecule has 1 heterocycles. The second-order valence-corrected chi connectivity index (χ2v) is 4.64. The largest absolute Gasteiger partial charge is 0.436 e. The summed E-state index contributed by atoms with van der Waals surface area (Å²) >= 11 is 0. The molecule has 5 nitrogen and oxygen atoms in total. The molecule has 1 aromatic heterocycles. The highest BCUT2D eigenvalue weighted by Crippen LogP contribution is 2.25. The molecule has 0 aliphatic rings. The summed E-state index contributed by atoms with van der Waals surface area (Å²) in [7, 11) is 0. The van der Waals surface area contributed by atoms with E-state index in [1.807, 2.05) is 0 Å². The Bertz CT molecular complexity index is 649. The number of halogens is 1. The molecule has 2 N–H and O–H groups in total. The fourth-order valence-corrected chi connectivity index (χ4v) is 1.77. The molecule has 1 aromatic carbocycles. The lowest BCUT2D eigenvalue weighted by molar-refractivity contribution is -0.129. The van der Waals surface area contributed by atoms with Crippen LogP contribution in [0, 0.1) is 5.82 Å². The number of nitrogens with one attached hydrogen (secondary N) is 1. The molecule has 0 saturated heterocycles. The topological polar surface area (TPSA) is 71.5 Å². The highest BCUT2D eigenvalue weighted by Gasteiger charge is 2.14. The van der Waals surface area contributed by atoms with Crippen LogP contribution >= 0.6 is 0 Å². The van der Waals surface area contributed by atoms with Crippen LogP contribution in [0.25, 0.3) is 0 Å². The number of nitrogens with zero attached hydrogens (tertiary/aromatic N) is 1. The van der Waals surface area contributed by atoms with Gasteiger partial charge in [-0.05, 0) is 24.6 Å². The van der Waals surface area contributed by atoms with Crippen molar-refractivity contribution < 1.29 is 19.0 Å². The van der Waals surface area contributed by atoms with Crippen LogP contribution in [0.4, 0.5) is 4.39 Å². The number of carbonyl (C=O) groups excluding carboxylic acids is 1. The first kappa shape index (κ1) is 15.9. The summed E-state index contributed by atoms with van der Waals surface area (Å²) in [5, 5.41) is 12.0. The van der Waals surface area contributed by atoms with E-state index < -0.39 is 17.8 Å². The lowest BCUT2D eigenvalue weighted by Crippen LogP contribution is -2.33. The molecule has 2 rings (SSSR count). The van der Waals surface area contributed by atoms with Crippen molar-refractivity contribution in [3.05, 3.63) is 54.0 Å². The monoisotopic (exact) mass is 304 g/mol. The zero-order valence-corrected chi connectivity index (χ0v) is 12.1. The Balaban J connectivity index is 2.10. The number of pyridine rings is 1. The van der Waals surface area contributed by atoms with E-state index in [0.29, 0.717) is 12.0 Å². The maximum absolute atomic E-state index is 13.6. The molecule has 6 heteroatoms. The summed E-state index contributed by atoms with van der Waals surface area (Å²) in [5.41, 5.74) is 0.586. The summed E-state index contributed by atoms with van der Waals surface area (Å²) in [4.78, 5) is 15.6. The van der Waals surface area contributed by atoms with Gasteiger partial charge in [0.1, 0.15) is 6.10 Å². The molecule has 0 bridgehead atoms. The molecule has 22 heavy (non-hydrogen) atoms. The Morgan fingerprint density at radius 3 is 2.86 bits per heavy atom. The molecule has 0 aliphatic carbocycles. The normalized spacial score (nSPS) is 11.8. The third-order valence-electron chi connectivity index (χ3n) is 3.04. The quantitative estimate of drug-likeness (QED) is 0.859. The van der Waals surface area contributed by atoms with E-state index in [4.69, 9.17) is 4.74 Å². The second kappa shape index (κ2) is 7.51. The number of aliphatic hydroxyl groups is 1. The Labute approximate surface area is 127 Å². The number of hydrogen-bond donors (Lipinski definition) is 2. The molecule has 0 unspecified atom stereocenters. The van der Waals surface area contributed by atoms with Gasteiger partial charge in [0.05, 0.1) is 0 Å². The molecule has 0 fully saturated rings. The molecular formula is C16H17FN2O3. The van der Waals surface area contributed by atoms with Gasteiger partial charge in [0.25, 0.3) is 0 Å². The van der Waals surface area contributed by atoms with Crippen LogP contribution < -0.4 is 10.1 Å². The molecular weight excluding hydrogens is 287 g/mol. The number of benzene rings is 1. The standard InChI is InChI=1S/C16H17FN2O3/c1-2-13(20)15(21)19-10-11-6-5-9-18-16(11)22-14-8-4-3-7-12(14)17/h3-9,13,20H,2,10H2,1H3,(H,19,21)/t13-/m1/s1. The predicted molar refractivity (Wildman–Crippen MR) is 78.9 cm³/mol. The van der Waals surface area contributed by atoms with E-state index in [9.17, 15) is 14.3 Å². The third kappa shape index (κ3) is 4.02. The molecule has 0 spiro atoms. The van der Waals surface area contributed by atoms with Crippen LogP contribution in [0.3, 0.4) is 0 Å². The number of para-hydroxylation sites is 1. The van der Waals surface area contributed by atoms with Crippen LogP contribution in [0.5, 0.6) is 11.6 Å². The lowest BCUT2D eigenvalue weighted by atomic mass is 10.2. The third-order valence-corrected chi connectivity index (χ3v) is 3.04. The maximum Gasteiger partial charge on any atom is 0.249 e. The minimum absolute atomic E-state index is 0.0577. The zero-order valence-electron chi connectivity index (χ0n) is 12.1. The molecule has 116 valence electrons. The van der Waals surface area contributed by atoms with Gasteiger partial charge in [0.15, 0.2) is 11.6 Å². The molecule has 0 saturated carbocycles. The fraction of sp³-hybridized carbons (Fsp3) is 0.250. The van der Waals surface area contributed by atoms with Crippen molar-refractivity contribution in [2.75, 3.05) is 0 Å². The number of hydrogen-bond acceptors (Lipinski definition) is 4. The van der Waals surface area contributed by atoms with Crippen LogP contribution in [-0.2, 0) is 11.3 Å². The number of rotatable bonds is 6.